The molecule has 6 heteroatoms. The van der Waals surface area contributed by atoms with Crippen LogP contribution < -0.4 is 9.47 Å². The maximum absolute atomic E-state index is 12.5. The summed E-state index contributed by atoms with van der Waals surface area (Å²) in [6.07, 6.45) is 1.36. The number of carbonyl (C=O) groups excluding carboxylic acids is 2. The van der Waals surface area contributed by atoms with Crippen LogP contribution in [0.15, 0.2) is 34.4 Å². The Hall–Kier alpha value is -3.02. The monoisotopic (exact) mass is 356 g/mol. The van der Waals surface area contributed by atoms with Gasteiger partial charge in [0.2, 0.25) is 5.78 Å². The first-order chi connectivity index (χ1) is 12.3. The lowest BCUT2D eigenvalue weighted by Crippen LogP contribution is -2.19. The summed E-state index contributed by atoms with van der Waals surface area (Å²) >= 11 is 0. The quantitative estimate of drug-likeness (QED) is 0.598. The van der Waals surface area contributed by atoms with Crippen LogP contribution in [0.5, 0.6) is 11.5 Å². The number of furan rings is 1. The molecule has 136 valence electrons. The van der Waals surface area contributed by atoms with E-state index in [1.54, 1.807) is 45.0 Å². The Bertz CT molecular complexity index is 888. The van der Waals surface area contributed by atoms with Crippen molar-refractivity contribution in [3.8, 4) is 11.5 Å². The molecule has 1 aliphatic rings. The first kappa shape index (κ1) is 17.8. The second-order valence-electron chi connectivity index (χ2n) is 6.28. The number of esters is 1. The molecule has 0 saturated heterocycles. The van der Waals surface area contributed by atoms with Crippen molar-refractivity contribution in [2.45, 2.75) is 33.8 Å². The Morgan fingerprint density at radius 1 is 1.19 bits per heavy atom. The van der Waals surface area contributed by atoms with Gasteiger partial charge in [-0.15, -0.1) is 0 Å². The third-order valence-corrected chi connectivity index (χ3v) is 3.78. The van der Waals surface area contributed by atoms with E-state index in [2.05, 4.69) is 0 Å². The van der Waals surface area contributed by atoms with Gasteiger partial charge in [-0.25, -0.2) is 4.79 Å². The van der Waals surface area contributed by atoms with E-state index < -0.39 is 5.97 Å². The molecule has 0 fully saturated rings. The van der Waals surface area contributed by atoms with Crippen LogP contribution in [0.25, 0.3) is 6.08 Å². The topological polar surface area (TPSA) is 75.0 Å². The van der Waals surface area contributed by atoms with E-state index >= 15 is 0 Å². The van der Waals surface area contributed by atoms with Crippen molar-refractivity contribution in [2.24, 2.45) is 0 Å². The number of fused-ring (bicyclic) bond motifs is 1. The second-order valence-corrected chi connectivity index (χ2v) is 6.28. The number of hydrogen-bond acceptors (Lipinski definition) is 6. The van der Waals surface area contributed by atoms with Crippen LogP contribution in [0, 0.1) is 13.8 Å². The fraction of sp³-hybridized carbons (Fsp3) is 0.300. The van der Waals surface area contributed by atoms with Crippen molar-refractivity contribution in [3.05, 3.63) is 52.7 Å². The number of carbonyl (C=O) groups is 2. The van der Waals surface area contributed by atoms with Crippen LogP contribution in [0.2, 0.25) is 0 Å². The Labute approximate surface area is 151 Å². The molecular weight excluding hydrogens is 336 g/mol. The smallest absolute Gasteiger partial charge is 0.344 e. The van der Waals surface area contributed by atoms with Crippen molar-refractivity contribution in [1.82, 2.24) is 0 Å². The van der Waals surface area contributed by atoms with Crippen molar-refractivity contribution >= 4 is 17.8 Å². The van der Waals surface area contributed by atoms with Crippen molar-refractivity contribution < 1.29 is 28.2 Å². The summed E-state index contributed by atoms with van der Waals surface area (Å²) in [6, 6.07) is 6.86. The zero-order valence-electron chi connectivity index (χ0n) is 15.1. The molecule has 0 amide bonds. The van der Waals surface area contributed by atoms with Crippen molar-refractivity contribution in [2.75, 3.05) is 6.61 Å². The van der Waals surface area contributed by atoms with E-state index in [0.717, 1.165) is 5.76 Å². The lowest BCUT2D eigenvalue weighted by Gasteiger charge is -2.12. The number of Topliss-reactive ketones (excluding diaryl/α,β-unsaturated/α-hetero) is 1. The first-order valence-corrected chi connectivity index (χ1v) is 8.31. The van der Waals surface area contributed by atoms with Crippen LogP contribution in [0.1, 0.15) is 41.3 Å². The third-order valence-electron chi connectivity index (χ3n) is 3.78. The molecule has 0 aliphatic carbocycles. The highest BCUT2D eigenvalue weighted by atomic mass is 16.6. The van der Waals surface area contributed by atoms with Gasteiger partial charge in [-0.2, -0.15) is 0 Å². The molecule has 0 radical (unpaired) electrons. The number of benzene rings is 1. The molecule has 26 heavy (non-hydrogen) atoms. The number of aryl methyl sites for hydroxylation is 1. The average Bonchev–Trinajstić information content (AvgIpc) is 3.11. The van der Waals surface area contributed by atoms with Gasteiger partial charge in [0.1, 0.15) is 23.0 Å². The van der Waals surface area contributed by atoms with Crippen LogP contribution in [-0.2, 0) is 9.53 Å². The molecule has 0 bridgehead atoms. The first-order valence-electron chi connectivity index (χ1n) is 8.31. The zero-order chi connectivity index (χ0) is 18.8. The van der Waals surface area contributed by atoms with E-state index in [1.165, 1.54) is 0 Å². The molecule has 2 aromatic rings. The molecule has 2 heterocycles. The summed E-state index contributed by atoms with van der Waals surface area (Å²) in [5, 5.41) is 0. The number of rotatable bonds is 5. The van der Waals surface area contributed by atoms with E-state index in [-0.39, 0.29) is 24.3 Å². The average molecular weight is 356 g/mol. The molecular formula is C20H20O6. The minimum absolute atomic E-state index is 0.189. The predicted molar refractivity (Wildman–Crippen MR) is 94.3 cm³/mol. The maximum atomic E-state index is 12.5. The lowest BCUT2D eigenvalue weighted by atomic mass is 10.1. The van der Waals surface area contributed by atoms with E-state index in [9.17, 15) is 9.59 Å². The molecule has 0 saturated carbocycles. The number of ketones is 1. The van der Waals surface area contributed by atoms with Crippen LogP contribution >= 0.6 is 0 Å². The summed E-state index contributed by atoms with van der Waals surface area (Å²) < 4.78 is 21.7. The minimum atomic E-state index is -0.453. The minimum Gasteiger partial charge on any atom is -0.481 e. The maximum Gasteiger partial charge on any atom is 0.344 e. The normalized spacial score (nSPS) is 14.5. The SMILES string of the molecule is Cc1ccc(/C=C2\Oc3c(ccc(OCC(=O)OC(C)C)c3C)C2=O)o1. The summed E-state index contributed by atoms with van der Waals surface area (Å²) in [7, 11) is 0. The Morgan fingerprint density at radius 3 is 2.62 bits per heavy atom. The van der Waals surface area contributed by atoms with Crippen molar-refractivity contribution in [3.63, 3.8) is 0 Å². The molecule has 0 N–H and O–H groups in total. The summed E-state index contributed by atoms with van der Waals surface area (Å²) in [6.45, 7) is 6.93. The molecule has 0 atom stereocenters. The summed E-state index contributed by atoms with van der Waals surface area (Å²) in [5.41, 5.74) is 1.10. The van der Waals surface area contributed by atoms with Gasteiger partial charge >= 0.3 is 5.97 Å². The number of hydrogen-bond donors (Lipinski definition) is 0. The zero-order valence-corrected chi connectivity index (χ0v) is 15.1. The van der Waals surface area contributed by atoms with Crippen LogP contribution in [0.4, 0.5) is 0 Å². The van der Waals surface area contributed by atoms with E-state index in [4.69, 9.17) is 18.6 Å². The van der Waals surface area contributed by atoms with Gasteiger partial charge in [0.25, 0.3) is 0 Å². The van der Waals surface area contributed by atoms with Gasteiger partial charge in [0, 0.05) is 11.6 Å². The van der Waals surface area contributed by atoms with Crippen LogP contribution in [0.3, 0.4) is 0 Å². The largest absolute Gasteiger partial charge is 0.481 e. The highest BCUT2D eigenvalue weighted by Gasteiger charge is 2.30. The molecule has 1 aromatic carbocycles. The van der Waals surface area contributed by atoms with Crippen LogP contribution in [-0.4, -0.2) is 24.5 Å². The summed E-state index contributed by atoms with van der Waals surface area (Å²) in [4.78, 5) is 24.1. The fourth-order valence-corrected chi connectivity index (χ4v) is 2.62. The van der Waals surface area contributed by atoms with Crippen molar-refractivity contribution in [1.29, 1.82) is 0 Å². The highest BCUT2D eigenvalue weighted by molar-refractivity contribution is 6.14. The fourth-order valence-electron chi connectivity index (χ4n) is 2.62. The number of ether oxygens (including phenoxy) is 3. The Morgan fingerprint density at radius 2 is 1.96 bits per heavy atom. The third kappa shape index (κ3) is 3.64. The van der Waals surface area contributed by atoms with Gasteiger partial charge in [-0.3, -0.25) is 4.79 Å². The van der Waals surface area contributed by atoms with Gasteiger partial charge in [-0.1, -0.05) is 0 Å². The molecule has 1 aliphatic heterocycles. The Kier molecular flexibility index (Phi) is 4.84. The molecule has 0 unspecified atom stereocenters. The predicted octanol–water partition coefficient (Wildman–Crippen LogP) is 3.84. The standard InChI is InChI=1S/C20H20O6/c1-11(2)24-18(21)10-23-16-8-7-15-19(22)17(26-20(15)13(16)4)9-14-6-5-12(3)25-14/h5-9,11H,10H2,1-4H3/b17-9-. The Balaban J connectivity index is 1.79. The van der Waals surface area contributed by atoms with Gasteiger partial charge < -0.3 is 18.6 Å². The number of allylic oxidation sites excluding steroid dienone is 1. The van der Waals surface area contributed by atoms with E-state index in [0.29, 0.717) is 28.4 Å². The van der Waals surface area contributed by atoms with Gasteiger partial charge in [0.15, 0.2) is 12.4 Å². The van der Waals surface area contributed by atoms with Gasteiger partial charge in [0.05, 0.1) is 11.7 Å². The second kappa shape index (κ2) is 7.07. The molecule has 6 nitrogen and oxygen atoms in total. The summed E-state index contributed by atoms with van der Waals surface area (Å²) in [5.74, 6) is 1.71. The highest BCUT2D eigenvalue weighted by Crippen LogP contribution is 2.39. The molecule has 3 rings (SSSR count). The lowest BCUT2D eigenvalue weighted by molar-refractivity contribution is -0.149. The van der Waals surface area contributed by atoms with E-state index in [1.807, 2.05) is 13.0 Å². The molecule has 1 aromatic heterocycles. The molecule has 0 spiro atoms. The van der Waals surface area contributed by atoms with Gasteiger partial charge in [-0.05, 0) is 52.0 Å².